The third-order valence-corrected chi connectivity index (χ3v) is 5.55. The first kappa shape index (κ1) is 18.3. The summed E-state index contributed by atoms with van der Waals surface area (Å²) in [5.41, 5.74) is 2.30. The van der Waals surface area contributed by atoms with Gasteiger partial charge in [-0.2, -0.15) is 0 Å². The van der Waals surface area contributed by atoms with E-state index in [2.05, 4.69) is 38.6 Å². The van der Waals surface area contributed by atoms with E-state index >= 15 is 0 Å². The summed E-state index contributed by atoms with van der Waals surface area (Å²) in [4.78, 5) is 14.1. The lowest BCUT2D eigenvalue weighted by Crippen LogP contribution is -2.33. The van der Waals surface area contributed by atoms with Gasteiger partial charge in [0.25, 0.3) is 0 Å². The van der Waals surface area contributed by atoms with Crippen molar-refractivity contribution in [3.05, 3.63) is 34.5 Å². The number of aromatic nitrogens is 4. The van der Waals surface area contributed by atoms with Crippen molar-refractivity contribution in [2.45, 2.75) is 37.9 Å². The van der Waals surface area contributed by atoms with E-state index in [4.69, 9.17) is 4.74 Å². The molecule has 27 heavy (non-hydrogen) atoms. The fourth-order valence-electron chi connectivity index (χ4n) is 3.23. The van der Waals surface area contributed by atoms with Crippen LogP contribution in [0, 0.1) is 6.92 Å². The molecule has 0 aliphatic carbocycles. The molecular weight excluding hydrogens is 370 g/mol. The number of ether oxygens (including phenoxy) is 1. The Morgan fingerprint density at radius 1 is 1.26 bits per heavy atom. The van der Waals surface area contributed by atoms with E-state index in [1.807, 2.05) is 0 Å². The van der Waals surface area contributed by atoms with Gasteiger partial charge in [0, 0.05) is 11.4 Å². The average Bonchev–Trinajstić information content (AvgIpc) is 3.35. The molecule has 10 heteroatoms. The number of aliphatic hydroxyl groups excluding tert-OH is 3. The van der Waals surface area contributed by atoms with Gasteiger partial charge in [-0.25, -0.2) is 15.0 Å². The summed E-state index contributed by atoms with van der Waals surface area (Å²) in [6.07, 6.45) is -0.314. The summed E-state index contributed by atoms with van der Waals surface area (Å²) < 4.78 is 7.11. The lowest BCUT2D eigenvalue weighted by molar-refractivity contribution is -0.0511. The van der Waals surface area contributed by atoms with Crippen molar-refractivity contribution in [3.63, 3.8) is 0 Å². The Hall–Kier alpha value is -2.11. The Labute approximate surface area is 159 Å². The number of anilines is 1. The third-order valence-electron chi connectivity index (χ3n) is 4.64. The van der Waals surface area contributed by atoms with Crippen molar-refractivity contribution in [1.82, 2.24) is 19.5 Å². The van der Waals surface area contributed by atoms with Crippen molar-refractivity contribution in [3.8, 4) is 0 Å². The van der Waals surface area contributed by atoms with Gasteiger partial charge in [-0.1, -0.05) is 0 Å². The summed E-state index contributed by atoms with van der Waals surface area (Å²) in [6.45, 7) is 2.40. The molecular formula is C17H21N5O4S. The number of thiophene rings is 1. The molecule has 1 aliphatic rings. The Kier molecular flexibility index (Phi) is 5.06. The number of aliphatic hydroxyl groups is 3. The zero-order chi connectivity index (χ0) is 19.0. The van der Waals surface area contributed by atoms with Gasteiger partial charge in [0.1, 0.15) is 24.6 Å². The topological polar surface area (TPSA) is 126 Å². The minimum absolute atomic E-state index is 0.384. The van der Waals surface area contributed by atoms with Gasteiger partial charge < -0.3 is 25.4 Å². The molecule has 3 aromatic heterocycles. The Morgan fingerprint density at radius 2 is 2.11 bits per heavy atom. The smallest absolute Gasteiger partial charge is 0.167 e. The highest BCUT2D eigenvalue weighted by molar-refractivity contribution is 7.10. The number of nitrogens with zero attached hydrogens (tertiary/aromatic N) is 4. The highest BCUT2D eigenvalue weighted by Crippen LogP contribution is 2.32. The van der Waals surface area contributed by atoms with E-state index in [1.54, 1.807) is 15.9 Å². The molecule has 0 amide bonds. The third kappa shape index (κ3) is 3.42. The van der Waals surface area contributed by atoms with E-state index in [-0.39, 0.29) is 6.61 Å². The fraction of sp³-hybridized carbons (Fsp3) is 0.471. The maximum atomic E-state index is 10.2. The van der Waals surface area contributed by atoms with Crippen molar-refractivity contribution < 1.29 is 20.1 Å². The number of hydrogen-bond donors (Lipinski definition) is 4. The van der Waals surface area contributed by atoms with Crippen LogP contribution in [0.5, 0.6) is 0 Å². The molecule has 3 aromatic rings. The van der Waals surface area contributed by atoms with E-state index in [0.29, 0.717) is 23.5 Å². The first-order valence-corrected chi connectivity index (χ1v) is 9.54. The highest BCUT2D eigenvalue weighted by Gasteiger charge is 2.44. The number of imidazole rings is 1. The number of rotatable bonds is 6. The Balaban J connectivity index is 1.53. The van der Waals surface area contributed by atoms with Crippen LogP contribution < -0.4 is 5.32 Å². The van der Waals surface area contributed by atoms with Crippen LogP contribution in [0.3, 0.4) is 0 Å². The van der Waals surface area contributed by atoms with Gasteiger partial charge in [-0.05, 0) is 30.4 Å². The molecule has 1 saturated heterocycles. The summed E-state index contributed by atoms with van der Waals surface area (Å²) >= 11 is 1.73. The Bertz CT molecular complexity index is 929. The van der Waals surface area contributed by atoms with Gasteiger partial charge >= 0.3 is 0 Å². The van der Waals surface area contributed by atoms with Crippen LogP contribution in [-0.4, -0.2) is 66.3 Å². The van der Waals surface area contributed by atoms with Crippen molar-refractivity contribution in [2.75, 3.05) is 18.5 Å². The monoisotopic (exact) mass is 391 g/mol. The normalized spacial score (nSPS) is 25.3. The van der Waals surface area contributed by atoms with E-state index in [1.165, 1.54) is 23.1 Å². The molecule has 4 N–H and O–H groups in total. The van der Waals surface area contributed by atoms with Gasteiger partial charge in [-0.3, -0.25) is 4.57 Å². The molecule has 144 valence electrons. The predicted octanol–water partition coefficient (Wildman–Crippen LogP) is 0.462. The molecule has 0 aromatic carbocycles. The second-order valence-corrected chi connectivity index (χ2v) is 7.63. The second kappa shape index (κ2) is 7.49. The molecule has 4 heterocycles. The second-order valence-electron chi connectivity index (χ2n) is 6.52. The lowest BCUT2D eigenvalue weighted by atomic mass is 10.1. The van der Waals surface area contributed by atoms with Gasteiger partial charge in [0.2, 0.25) is 0 Å². The van der Waals surface area contributed by atoms with E-state index in [9.17, 15) is 15.3 Å². The molecule has 1 aliphatic heterocycles. The number of hydrogen-bond acceptors (Lipinski definition) is 9. The largest absolute Gasteiger partial charge is 0.394 e. The Morgan fingerprint density at radius 3 is 2.81 bits per heavy atom. The summed E-state index contributed by atoms with van der Waals surface area (Å²) in [5.74, 6) is 0.595. The van der Waals surface area contributed by atoms with Crippen LogP contribution in [0.4, 0.5) is 5.82 Å². The summed E-state index contributed by atoms with van der Waals surface area (Å²) in [7, 11) is 0. The van der Waals surface area contributed by atoms with E-state index < -0.39 is 24.5 Å². The van der Waals surface area contributed by atoms with Crippen LogP contribution in [0.2, 0.25) is 0 Å². The van der Waals surface area contributed by atoms with Crippen LogP contribution >= 0.6 is 11.3 Å². The quantitative estimate of drug-likeness (QED) is 0.478. The molecule has 9 nitrogen and oxygen atoms in total. The standard InChI is InChI=1S/C17H21N5O4S/c1-9-4-10(6-27-9)2-3-18-15-12-16(20-7-19-15)22(8-21-12)17-14(25)13(24)11(5-23)26-17/h4,6-8,11,13-14,17,23-25H,2-3,5H2,1H3,(H,18,19,20)/t11-,13-,14-,17-/m1/s1. The molecule has 4 rings (SSSR count). The van der Waals surface area contributed by atoms with Crippen LogP contribution in [0.25, 0.3) is 11.2 Å². The highest BCUT2D eigenvalue weighted by atomic mass is 32.1. The minimum atomic E-state index is -1.19. The number of nitrogens with one attached hydrogen (secondary N) is 1. The molecule has 0 bridgehead atoms. The van der Waals surface area contributed by atoms with Gasteiger partial charge in [-0.15, -0.1) is 11.3 Å². The minimum Gasteiger partial charge on any atom is -0.394 e. The molecule has 0 radical (unpaired) electrons. The molecule has 4 atom stereocenters. The maximum Gasteiger partial charge on any atom is 0.167 e. The zero-order valence-electron chi connectivity index (χ0n) is 14.7. The summed E-state index contributed by atoms with van der Waals surface area (Å²) in [5, 5.41) is 34.9. The first-order chi connectivity index (χ1) is 13.1. The number of aryl methyl sites for hydroxylation is 1. The van der Waals surface area contributed by atoms with Gasteiger partial charge in [0.15, 0.2) is 23.2 Å². The average molecular weight is 391 g/mol. The zero-order valence-corrected chi connectivity index (χ0v) is 15.5. The van der Waals surface area contributed by atoms with Crippen molar-refractivity contribution in [1.29, 1.82) is 0 Å². The molecule has 0 unspecified atom stereocenters. The molecule has 1 fully saturated rings. The van der Waals surface area contributed by atoms with E-state index in [0.717, 1.165) is 6.42 Å². The maximum absolute atomic E-state index is 10.2. The fourth-order valence-corrected chi connectivity index (χ4v) is 3.97. The predicted molar refractivity (Wildman–Crippen MR) is 99.6 cm³/mol. The van der Waals surface area contributed by atoms with Crippen LogP contribution in [0.1, 0.15) is 16.7 Å². The summed E-state index contributed by atoms with van der Waals surface area (Å²) in [6, 6.07) is 2.17. The first-order valence-electron chi connectivity index (χ1n) is 8.66. The van der Waals surface area contributed by atoms with Crippen molar-refractivity contribution >= 4 is 28.3 Å². The van der Waals surface area contributed by atoms with Crippen LogP contribution in [0.15, 0.2) is 24.1 Å². The molecule has 0 saturated carbocycles. The van der Waals surface area contributed by atoms with Gasteiger partial charge in [0.05, 0.1) is 12.9 Å². The lowest BCUT2D eigenvalue weighted by Gasteiger charge is -2.16. The van der Waals surface area contributed by atoms with Crippen LogP contribution in [-0.2, 0) is 11.2 Å². The molecule has 0 spiro atoms. The van der Waals surface area contributed by atoms with Crippen molar-refractivity contribution in [2.24, 2.45) is 0 Å². The SMILES string of the molecule is Cc1cc(CCNc2ncnc3c2ncn3[C@@H]2O[C@H](CO)[C@@H](O)[C@H]2O)cs1. The number of fused-ring (bicyclic) bond motifs is 1.